The molecule has 0 heterocycles. The summed E-state index contributed by atoms with van der Waals surface area (Å²) in [5, 5.41) is 10.4. The van der Waals surface area contributed by atoms with Gasteiger partial charge in [-0.05, 0) is 43.3 Å². The number of rotatable bonds is 5. The predicted octanol–water partition coefficient (Wildman–Crippen LogP) is 3.48. The van der Waals surface area contributed by atoms with Gasteiger partial charge in [0.15, 0.2) is 17.6 Å². The molecule has 0 spiro atoms. The molecule has 0 saturated heterocycles. The van der Waals surface area contributed by atoms with Gasteiger partial charge in [0.05, 0.1) is 7.11 Å². The van der Waals surface area contributed by atoms with Gasteiger partial charge in [0.25, 0.3) is 0 Å². The zero-order chi connectivity index (χ0) is 17.0. The Kier molecular flexibility index (Phi) is 5.24. The van der Waals surface area contributed by atoms with Crippen molar-refractivity contribution in [1.82, 2.24) is 0 Å². The van der Waals surface area contributed by atoms with Crippen molar-refractivity contribution >= 4 is 23.4 Å². The van der Waals surface area contributed by atoms with Gasteiger partial charge in [0, 0.05) is 10.6 Å². The molecule has 2 rings (SSSR count). The zero-order valence-electron chi connectivity index (χ0n) is 12.6. The van der Waals surface area contributed by atoms with E-state index in [2.05, 4.69) is 0 Å². The minimum Gasteiger partial charge on any atom is -0.504 e. The van der Waals surface area contributed by atoms with Crippen molar-refractivity contribution in [3.05, 3.63) is 58.6 Å². The molecular weight excluding hydrogens is 320 g/mol. The van der Waals surface area contributed by atoms with E-state index in [4.69, 9.17) is 21.1 Å². The van der Waals surface area contributed by atoms with Crippen molar-refractivity contribution in [2.24, 2.45) is 0 Å². The van der Waals surface area contributed by atoms with Gasteiger partial charge in [-0.25, -0.2) is 4.79 Å². The Balaban J connectivity index is 2.13. The van der Waals surface area contributed by atoms with Crippen molar-refractivity contribution in [3.8, 4) is 11.5 Å². The van der Waals surface area contributed by atoms with Crippen LogP contribution in [-0.4, -0.2) is 30.1 Å². The van der Waals surface area contributed by atoms with Gasteiger partial charge in [-0.15, -0.1) is 0 Å². The third-order valence-electron chi connectivity index (χ3n) is 3.22. The number of para-hydroxylation sites is 1. The number of aromatic hydroxyl groups is 1. The zero-order valence-corrected chi connectivity index (χ0v) is 13.3. The molecule has 0 amide bonds. The van der Waals surface area contributed by atoms with Crippen LogP contribution in [0.3, 0.4) is 0 Å². The highest BCUT2D eigenvalue weighted by atomic mass is 35.5. The van der Waals surface area contributed by atoms with Gasteiger partial charge in [-0.2, -0.15) is 0 Å². The highest BCUT2D eigenvalue weighted by molar-refractivity contribution is 6.30. The average Bonchev–Trinajstić information content (AvgIpc) is 2.55. The number of Topliss-reactive ketones (excluding diaryl/α,β-unsaturated/α-hetero) is 1. The molecule has 0 aliphatic rings. The summed E-state index contributed by atoms with van der Waals surface area (Å²) in [4.78, 5) is 24.3. The van der Waals surface area contributed by atoms with Gasteiger partial charge in [-0.3, -0.25) is 4.79 Å². The molecule has 2 aromatic carbocycles. The van der Waals surface area contributed by atoms with Crippen molar-refractivity contribution in [2.45, 2.75) is 13.0 Å². The van der Waals surface area contributed by atoms with Gasteiger partial charge in [0.1, 0.15) is 5.56 Å². The molecule has 2 aromatic rings. The number of carbonyl (C=O) groups excluding carboxylic acids is 2. The van der Waals surface area contributed by atoms with Crippen LogP contribution in [0.25, 0.3) is 0 Å². The van der Waals surface area contributed by atoms with Gasteiger partial charge in [-0.1, -0.05) is 17.7 Å². The molecule has 120 valence electrons. The molecule has 0 fully saturated rings. The Morgan fingerprint density at radius 1 is 1.13 bits per heavy atom. The van der Waals surface area contributed by atoms with Crippen LogP contribution in [0.15, 0.2) is 42.5 Å². The number of hydrogen-bond acceptors (Lipinski definition) is 5. The minimum absolute atomic E-state index is 0.0693. The standard InChI is InChI=1S/C17H15ClO5/c1-10(15(19)11-6-8-12(18)9-7-11)23-17(21)13-4-3-5-14(22-2)16(13)20/h3-10,20H,1-2H3. The largest absolute Gasteiger partial charge is 0.504 e. The number of halogens is 1. The van der Waals surface area contributed by atoms with Crippen LogP contribution in [0.1, 0.15) is 27.6 Å². The monoisotopic (exact) mass is 334 g/mol. The molecule has 0 radical (unpaired) electrons. The van der Waals surface area contributed by atoms with E-state index in [1.165, 1.54) is 26.2 Å². The van der Waals surface area contributed by atoms with Crippen LogP contribution in [0.2, 0.25) is 5.02 Å². The molecular formula is C17H15ClO5. The molecule has 0 aromatic heterocycles. The molecule has 5 nitrogen and oxygen atoms in total. The predicted molar refractivity (Wildman–Crippen MR) is 85.3 cm³/mol. The first-order chi connectivity index (χ1) is 10.9. The quantitative estimate of drug-likeness (QED) is 0.669. The number of hydrogen-bond donors (Lipinski definition) is 1. The topological polar surface area (TPSA) is 72.8 Å². The van der Waals surface area contributed by atoms with Crippen LogP contribution in [0.5, 0.6) is 11.5 Å². The lowest BCUT2D eigenvalue weighted by atomic mass is 10.1. The first-order valence-electron chi connectivity index (χ1n) is 6.80. The third kappa shape index (κ3) is 3.81. The van der Waals surface area contributed by atoms with Crippen molar-refractivity contribution in [1.29, 1.82) is 0 Å². The van der Waals surface area contributed by atoms with Crippen LogP contribution < -0.4 is 4.74 Å². The lowest BCUT2D eigenvalue weighted by Crippen LogP contribution is -2.24. The van der Waals surface area contributed by atoms with E-state index in [1.54, 1.807) is 30.3 Å². The number of methoxy groups -OCH3 is 1. The Morgan fingerprint density at radius 2 is 1.78 bits per heavy atom. The normalized spacial score (nSPS) is 11.6. The van der Waals surface area contributed by atoms with E-state index in [9.17, 15) is 14.7 Å². The highest BCUT2D eigenvalue weighted by Crippen LogP contribution is 2.30. The summed E-state index contributed by atoms with van der Waals surface area (Å²) >= 11 is 5.77. The van der Waals surface area contributed by atoms with E-state index >= 15 is 0 Å². The Morgan fingerprint density at radius 3 is 2.39 bits per heavy atom. The Labute approximate surface area is 138 Å². The van der Waals surface area contributed by atoms with Crippen LogP contribution in [-0.2, 0) is 4.74 Å². The summed E-state index contributed by atoms with van der Waals surface area (Å²) < 4.78 is 10.1. The first kappa shape index (κ1) is 16.8. The van der Waals surface area contributed by atoms with Crippen molar-refractivity contribution in [2.75, 3.05) is 7.11 Å². The molecule has 0 aliphatic carbocycles. The van der Waals surface area contributed by atoms with E-state index in [-0.39, 0.29) is 22.8 Å². The van der Waals surface area contributed by atoms with Gasteiger partial charge in [0.2, 0.25) is 5.78 Å². The lowest BCUT2D eigenvalue weighted by molar-refractivity contribution is 0.0315. The molecule has 0 aliphatic heterocycles. The maximum atomic E-state index is 12.2. The second-order valence-corrected chi connectivity index (χ2v) is 5.21. The van der Waals surface area contributed by atoms with E-state index in [1.807, 2.05) is 0 Å². The number of esters is 1. The lowest BCUT2D eigenvalue weighted by Gasteiger charge is -2.14. The first-order valence-corrected chi connectivity index (χ1v) is 7.18. The second kappa shape index (κ2) is 7.15. The van der Waals surface area contributed by atoms with Gasteiger partial charge >= 0.3 is 5.97 Å². The van der Waals surface area contributed by atoms with Crippen LogP contribution >= 0.6 is 11.6 Å². The molecule has 23 heavy (non-hydrogen) atoms. The Bertz CT molecular complexity index is 724. The Hall–Kier alpha value is -2.53. The number of phenols is 1. The summed E-state index contributed by atoms with van der Waals surface area (Å²) in [6, 6.07) is 10.7. The van der Waals surface area contributed by atoms with E-state index in [0.717, 1.165) is 0 Å². The minimum atomic E-state index is -1.01. The van der Waals surface area contributed by atoms with E-state index in [0.29, 0.717) is 10.6 Å². The molecule has 1 atom stereocenters. The van der Waals surface area contributed by atoms with Crippen molar-refractivity contribution in [3.63, 3.8) is 0 Å². The van der Waals surface area contributed by atoms with E-state index < -0.39 is 12.1 Å². The molecule has 1 unspecified atom stereocenters. The number of benzene rings is 2. The maximum absolute atomic E-state index is 12.2. The SMILES string of the molecule is COc1cccc(C(=O)OC(C)C(=O)c2ccc(Cl)cc2)c1O. The fourth-order valence-corrected chi connectivity index (χ4v) is 2.10. The number of ether oxygens (including phenoxy) is 2. The van der Waals surface area contributed by atoms with Crippen LogP contribution in [0, 0.1) is 0 Å². The van der Waals surface area contributed by atoms with Crippen LogP contribution in [0.4, 0.5) is 0 Å². The number of carbonyl (C=O) groups is 2. The van der Waals surface area contributed by atoms with Gasteiger partial charge < -0.3 is 14.6 Å². The number of ketones is 1. The average molecular weight is 335 g/mol. The summed E-state index contributed by atoms with van der Waals surface area (Å²) in [5.74, 6) is -1.35. The summed E-state index contributed by atoms with van der Waals surface area (Å²) in [5.41, 5.74) is 0.310. The molecule has 0 bridgehead atoms. The molecule has 6 heteroatoms. The fraction of sp³-hybridized carbons (Fsp3) is 0.176. The summed E-state index contributed by atoms with van der Waals surface area (Å²) in [6.45, 7) is 1.46. The maximum Gasteiger partial charge on any atom is 0.342 e. The number of phenolic OH excluding ortho intramolecular Hbond substituents is 1. The summed E-state index contributed by atoms with van der Waals surface area (Å²) in [6.07, 6.45) is -1.01. The summed E-state index contributed by atoms with van der Waals surface area (Å²) in [7, 11) is 1.37. The second-order valence-electron chi connectivity index (χ2n) is 4.78. The fourth-order valence-electron chi connectivity index (χ4n) is 1.98. The molecule has 0 saturated carbocycles. The van der Waals surface area contributed by atoms with Crippen molar-refractivity contribution < 1.29 is 24.2 Å². The highest BCUT2D eigenvalue weighted by Gasteiger charge is 2.23. The smallest absolute Gasteiger partial charge is 0.342 e. The third-order valence-corrected chi connectivity index (χ3v) is 3.47. The molecule has 1 N–H and O–H groups in total.